The van der Waals surface area contributed by atoms with Crippen LogP contribution in [0.25, 0.3) is 0 Å². The number of aryl methyl sites for hydroxylation is 1. The molecular weight excluding hydrogens is 685 g/mol. The fraction of sp³-hybridized carbons (Fsp3) is 0.200. The van der Waals surface area contributed by atoms with Crippen LogP contribution in [0.1, 0.15) is 33.9 Å². The standard InChI is InChI=1S/C40H37F6N2O2P/c1-27-10-16-35(17-11-27)51(36-18-12-33(49-3)13-19-36,37-20-14-34(50-4)15-21-37)47-26-38(30-8-6-5-7-9-30)48-28(2)22-29-23-31(39(41,42)43)25-32(24-29)40(44,45)46/h5-21,23-25,38,48H,2,22,26H2,1,3-4H3/t38-/m1/s1. The van der Waals surface area contributed by atoms with E-state index in [0.717, 1.165) is 39.2 Å². The van der Waals surface area contributed by atoms with Crippen LogP contribution >= 0.6 is 7.05 Å². The highest BCUT2D eigenvalue weighted by atomic mass is 31.2. The average Bonchev–Trinajstić information content (AvgIpc) is 3.12. The number of nitrogens with zero attached hydrogens (tertiary/aromatic N) is 1. The monoisotopic (exact) mass is 722 g/mol. The Labute approximate surface area is 293 Å². The zero-order valence-electron chi connectivity index (χ0n) is 28.2. The summed E-state index contributed by atoms with van der Waals surface area (Å²) in [6.45, 7) is 6.22. The molecule has 5 aromatic carbocycles. The maximum Gasteiger partial charge on any atom is 0.416 e. The Morgan fingerprint density at radius 1 is 0.686 bits per heavy atom. The Hall–Kier alpha value is -4.95. The van der Waals surface area contributed by atoms with Gasteiger partial charge in [0.2, 0.25) is 0 Å². The van der Waals surface area contributed by atoms with Crippen LogP contribution < -0.4 is 30.7 Å². The number of benzene rings is 5. The van der Waals surface area contributed by atoms with Gasteiger partial charge in [0.25, 0.3) is 0 Å². The molecule has 0 saturated carbocycles. The van der Waals surface area contributed by atoms with E-state index in [0.29, 0.717) is 11.5 Å². The Morgan fingerprint density at radius 2 is 1.14 bits per heavy atom. The smallest absolute Gasteiger partial charge is 0.416 e. The van der Waals surface area contributed by atoms with Crippen LogP contribution in [0.15, 0.2) is 138 Å². The molecule has 0 aliphatic carbocycles. The van der Waals surface area contributed by atoms with Crippen LogP contribution in [0.2, 0.25) is 0 Å². The summed E-state index contributed by atoms with van der Waals surface area (Å²) < 4.78 is 98.2. The molecule has 5 rings (SSSR count). The van der Waals surface area contributed by atoms with E-state index in [2.05, 4.69) is 24.0 Å². The van der Waals surface area contributed by atoms with Gasteiger partial charge in [0.05, 0.1) is 45.0 Å². The third kappa shape index (κ3) is 8.86. The van der Waals surface area contributed by atoms with Crippen LogP contribution in [0.5, 0.6) is 11.5 Å². The fourth-order valence-electron chi connectivity index (χ4n) is 5.84. The Bertz CT molecular complexity index is 1910. The minimum atomic E-state index is -4.96. The molecule has 0 bridgehead atoms. The number of hydrogen-bond donors (Lipinski definition) is 1. The molecule has 0 radical (unpaired) electrons. The van der Waals surface area contributed by atoms with Crippen molar-refractivity contribution in [2.24, 2.45) is 4.74 Å². The Kier molecular flexibility index (Phi) is 11.4. The van der Waals surface area contributed by atoms with Crippen LogP contribution in [-0.2, 0) is 18.8 Å². The highest BCUT2D eigenvalue weighted by molar-refractivity contribution is 7.87. The van der Waals surface area contributed by atoms with Gasteiger partial charge in [-0.3, -0.25) is 4.74 Å². The van der Waals surface area contributed by atoms with E-state index in [4.69, 9.17) is 14.2 Å². The topological polar surface area (TPSA) is 42.9 Å². The summed E-state index contributed by atoms with van der Waals surface area (Å²) in [5.41, 5.74) is -0.794. The summed E-state index contributed by atoms with van der Waals surface area (Å²) in [4.78, 5) is 0. The fourth-order valence-corrected chi connectivity index (χ4v) is 9.37. The number of ether oxygens (including phenoxy) is 2. The number of allylic oxidation sites excluding steroid dienone is 1. The molecule has 0 amide bonds. The van der Waals surface area contributed by atoms with Gasteiger partial charge in [0.1, 0.15) is 11.5 Å². The van der Waals surface area contributed by atoms with Crippen molar-refractivity contribution >= 4 is 23.0 Å². The maximum absolute atomic E-state index is 13.6. The molecule has 0 fully saturated rings. The predicted molar refractivity (Wildman–Crippen MR) is 192 cm³/mol. The van der Waals surface area contributed by atoms with E-state index in [9.17, 15) is 26.3 Å². The first-order chi connectivity index (χ1) is 24.2. The van der Waals surface area contributed by atoms with Crippen LogP contribution in [0, 0.1) is 6.92 Å². The number of halogens is 6. The molecule has 51 heavy (non-hydrogen) atoms. The van der Waals surface area contributed by atoms with Gasteiger partial charge in [-0.2, -0.15) is 26.3 Å². The van der Waals surface area contributed by atoms with Gasteiger partial charge in [0.15, 0.2) is 0 Å². The van der Waals surface area contributed by atoms with Crippen molar-refractivity contribution in [1.82, 2.24) is 5.32 Å². The Balaban J connectivity index is 1.63. The van der Waals surface area contributed by atoms with E-state index in [1.165, 1.54) is 0 Å². The third-order valence-corrected chi connectivity index (χ3v) is 12.1. The lowest BCUT2D eigenvalue weighted by atomic mass is 10.0. The molecule has 0 saturated heterocycles. The summed E-state index contributed by atoms with van der Waals surface area (Å²) in [7, 11) is 0.415. The Morgan fingerprint density at radius 3 is 1.57 bits per heavy atom. The molecule has 1 N–H and O–H groups in total. The summed E-state index contributed by atoms with van der Waals surface area (Å²) in [5.74, 6) is 1.36. The largest absolute Gasteiger partial charge is 0.497 e. The second-order valence-electron chi connectivity index (χ2n) is 12.0. The van der Waals surface area contributed by atoms with Gasteiger partial charge >= 0.3 is 12.4 Å². The molecule has 0 aliphatic rings. The lowest BCUT2D eigenvalue weighted by Crippen LogP contribution is -2.28. The zero-order chi connectivity index (χ0) is 36.8. The highest BCUT2D eigenvalue weighted by Gasteiger charge is 2.37. The molecule has 5 aromatic rings. The first kappa shape index (κ1) is 37.3. The number of hydrogen-bond acceptors (Lipinski definition) is 4. The molecule has 0 aromatic heterocycles. The lowest BCUT2D eigenvalue weighted by Gasteiger charge is -2.29. The quantitative estimate of drug-likeness (QED) is 0.103. The van der Waals surface area contributed by atoms with Crippen molar-refractivity contribution in [2.75, 3.05) is 20.8 Å². The minimum absolute atomic E-state index is 0.123. The SMILES string of the molecule is C=C(Cc1cc(C(F)(F)F)cc(C(F)(F)F)c1)N[C@H](CN=P(c1ccc(C)cc1)(c1ccc(OC)cc1)c1ccc(OC)cc1)c1ccccc1. The normalized spacial score (nSPS) is 12.6. The van der Waals surface area contributed by atoms with E-state index >= 15 is 0 Å². The van der Waals surface area contributed by atoms with Crippen LogP contribution in [0.4, 0.5) is 26.3 Å². The summed E-state index contributed by atoms with van der Waals surface area (Å²) in [6.07, 6.45) is -10.2. The van der Waals surface area contributed by atoms with Gasteiger partial charge in [-0.15, -0.1) is 0 Å². The number of alkyl halides is 6. The predicted octanol–water partition coefficient (Wildman–Crippen LogP) is 9.61. The second kappa shape index (κ2) is 15.5. The van der Waals surface area contributed by atoms with E-state index in [1.54, 1.807) is 14.2 Å². The summed E-state index contributed by atoms with van der Waals surface area (Å²) in [5, 5.41) is 6.18. The van der Waals surface area contributed by atoms with Gasteiger partial charge in [-0.1, -0.05) is 66.7 Å². The van der Waals surface area contributed by atoms with E-state index in [1.807, 2.05) is 97.9 Å². The first-order valence-electron chi connectivity index (χ1n) is 15.9. The number of rotatable bonds is 12. The van der Waals surface area contributed by atoms with Gasteiger partial charge < -0.3 is 14.8 Å². The molecular formula is C40H37F6N2O2P. The molecule has 0 unspecified atom stereocenters. The summed E-state index contributed by atoms with van der Waals surface area (Å²) in [6, 6.07) is 34.1. The molecule has 1 atom stereocenters. The molecule has 266 valence electrons. The molecule has 0 spiro atoms. The first-order valence-corrected chi connectivity index (χ1v) is 17.7. The highest BCUT2D eigenvalue weighted by Crippen LogP contribution is 2.48. The maximum atomic E-state index is 13.6. The van der Waals surface area contributed by atoms with Gasteiger partial charge in [0, 0.05) is 28.0 Å². The van der Waals surface area contributed by atoms with Gasteiger partial charge in [-0.05, 0) is 84.8 Å². The van der Waals surface area contributed by atoms with Crippen molar-refractivity contribution in [3.05, 3.63) is 161 Å². The second-order valence-corrected chi connectivity index (χ2v) is 15.1. The zero-order valence-corrected chi connectivity index (χ0v) is 29.1. The lowest BCUT2D eigenvalue weighted by molar-refractivity contribution is -0.143. The van der Waals surface area contributed by atoms with Crippen LogP contribution in [0.3, 0.4) is 0 Å². The van der Waals surface area contributed by atoms with E-state index < -0.39 is 36.6 Å². The average molecular weight is 723 g/mol. The van der Waals surface area contributed by atoms with Crippen molar-refractivity contribution in [3.8, 4) is 11.5 Å². The number of methoxy groups -OCH3 is 2. The number of nitrogens with one attached hydrogen (secondary N) is 1. The van der Waals surface area contributed by atoms with Crippen molar-refractivity contribution < 1.29 is 35.8 Å². The van der Waals surface area contributed by atoms with Gasteiger partial charge in [-0.25, -0.2) is 0 Å². The van der Waals surface area contributed by atoms with Crippen LogP contribution in [-0.4, -0.2) is 20.8 Å². The van der Waals surface area contributed by atoms with Crippen molar-refractivity contribution in [1.29, 1.82) is 0 Å². The van der Waals surface area contributed by atoms with Crippen molar-refractivity contribution in [3.63, 3.8) is 0 Å². The summed E-state index contributed by atoms with van der Waals surface area (Å²) >= 11 is 0. The third-order valence-electron chi connectivity index (χ3n) is 8.42. The molecule has 11 heteroatoms. The molecule has 0 heterocycles. The van der Waals surface area contributed by atoms with Crippen molar-refractivity contribution in [2.45, 2.75) is 31.7 Å². The molecule has 0 aliphatic heterocycles. The van der Waals surface area contributed by atoms with E-state index in [-0.39, 0.29) is 30.3 Å². The molecule has 4 nitrogen and oxygen atoms in total. The minimum Gasteiger partial charge on any atom is -0.497 e.